The molecule has 0 aromatic heterocycles. The maximum absolute atomic E-state index is 12.0. The summed E-state index contributed by atoms with van der Waals surface area (Å²) in [4.78, 5) is 36.6. The van der Waals surface area contributed by atoms with Crippen LogP contribution in [0.3, 0.4) is 0 Å². The molecule has 104 valence electrons. The first-order valence-electron chi connectivity index (χ1n) is 5.66. The molecule has 0 rings (SSSR count). The predicted molar refractivity (Wildman–Crippen MR) is 66.0 cm³/mol. The van der Waals surface area contributed by atoms with E-state index in [4.69, 9.17) is 5.11 Å². The fourth-order valence-electron chi connectivity index (χ4n) is 1.39. The summed E-state index contributed by atoms with van der Waals surface area (Å²) in [6.07, 6.45) is 0. The van der Waals surface area contributed by atoms with Crippen LogP contribution in [0.15, 0.2) is 0 Å². The standard InChI is InChI=1S/C11H21N3O4/c1-8(12-9(2)15)11(18)14(7-10(16)17)6-5-13(3)4/h8H,5-7H2,1-4H3,(H,12,15)(H,16,17). The Morgan fingerprint density at radius 2 is 1.78 bits per heavy atom. The van der Waals surface area contributed by atoms with Crippen molar-refractivity contribution < 1.29 is 19.5 Å². The molecule has 2 amide bonds. The van der Waals surface area contributed by atoms with E-state index in [1.165, 1.54) is 18.7 Å². The van der Waals surface area contributed by atoms with E-state index in [1.807, 2.05) is 19.0 Å². The van der Waals surface area contributed by atoms with Gasteiger partial charge in [0.25, 0.3) is 0 Å². The molecule has 0 aliphatic heterocycles. The first-order valence-corrected chi connectivity index (χ1v) is 5.66. The van der Waals surface area contributed by atoms with Gasteiger partial charge in [-0.1, -0.05) is 0 Å². The smallest absolute Gasteiger partial charge is 0.323 e. The van der Waals surface area contributed by atoms with Crippen LogP contribution in [0.4, 0.5) is 0 Å². The molecule has 1 unspecified atom stereocenters. The van der Waals surface area contributed by atoms with Crippen LogP contribution in [0.2, 0.25) is 0 Å². The molecular weight excluding hydrogens is 238 g/mol. The number of nitrogens with one attached hydrogen (secondary N) is 1. The maximum atomic E-state index is 12.0. The Labute approximate surface area is 107 Å². The minimum Gasteiger partial charge on any atom is -0.480 e. The summed E-state index contributed by atoms with van der Waals surface area (Å²) in [6.45, 7) is 3.35. The monoisotopic (exact) mass is 259 g/mol. The third-order valence-electron chi connectivity index (χ3n) is 2.25. The number of carboxylic acid groups (broad SMARTS) is 1. The molecule has 7 nitrogen and oxygen atoms in total. The molecule has 0 aliphatic rings. The number of carboxylic acids is 1. The number of carbonyl (C=O) groups excluding carboxylic acids is 2. The van der Waals surface area contributed by atoms with Crippen LogP contribution >= 0.6 is 0 Å². The Balaban J connectivity index is 4.56. The summed E-state index contributed by atoms with van der Waals surface area (Å²) in [5, 5.41) is 11.2. The quantitative estimate of drug-likeness (QED) is 0.611. The Hall–Kier alpha value is -1.63. The summed E-state index contributed by atoms with van der Waals surface area (Å²) in [6, 6.07) is -0.719. The lowest BCUT2D eigenvalue weighted by atomic mass is 10.2. The van der Waals surface area contributed by atoms with Crippen LogP contribution in [-0.2, 0) is 14.4 Å². The molecule has 0 bridgehead atoms. The van der Waals surface area contributed by atoms with Crippen LogP contribution in [0, 0.1) is 0 Å². The minimum atomic E-state index is -1.07. The summed E-state index contributed by atoms with van der Waals surface area (Å²) in [7, 11) is 3.67. The highest BCUT2D eigenvalue weighted by Crippen LogP contribution is 1.96. The Morgan fingerprint density at radius 1 is 1.22 bits per heavy atom. The number of nitrogens with zero attached hydrogens (tertiary/aromatic N) is 2. The zero-order chi connectivity index (χ0) is 14.3. The van der Waals surface area contributed by atoms with Gasteiger partial charge < -0.3 is 20.2 Å². The normalized spacial score (nSPS) is 12.1. The van der Waals surface area contributed by atoms with Gasteiger partial charge in [0.15, 0.2) is 0 Å². The minimum absolute atomic E-state index is 0.308. The SMILES string of the molecule is CC(=O)NC(C)C(=O)N(CCN(C)C)CC(=O)O. The van der Waals surface area contributed by atoms with Gasteiger partial charge in [-0.05, 0) is 21.0 Å². The lowest BCUT2D eigenvalue weighted by molar-refractivity contribution is -0.145. The molecule has 0 saturated heterocycles. The van der Waals surface area contributed by atoms with Gasteiger partial charge in [-0.15, -0.1) is 0 Å². The lowest BCUT2D eigenvalue weighted by Crippen LogP contribution is -2.49. The van der Waals surface area contributed by atoms with Crippen molar-refractivity contribution in [3.63, 3.8) is 0 Å². The van der Waals surface area contributed by atoms with E-state index in [0.29, 0.717) is 13.1 Å². The van der Waals surface area contributed by atoms with Gasteiger partial charge in [-0.25, -0.2) is 0 Å². The van der Waals surface area contributed by atoms with E-state index in [9.17, 15) is 14.4 Å². The molecule has 0 heterocycles. The highest BCUT2D eigenvalue weighted by Gasteiger charge is 2.22. The molecule has 1 atom stereocenters. The number of carbonyl (C=O) groups is 3. The second-order valence-electron chi connectivity index (χ2n) is 4.38. The van der Waals surface area contributed by atoms with Crippen LogP contribution < -0.4 is 5.32 Å². The van der Waals surface area contributed by atoms with Crippen molar-refractivity contribution in [1.29, 1.82) is 0 Å². The van der Waals surface area contributed by atoms with E-state index < -0.39 is 17.9 Å². The Morgan fingerprint density at radius 3 is 2.17 bits per heavy atom. The molecule has 0 aliphatic carbocycles. The number of amides is 2. The van der Waals surface area contributed by atoms with E-state index in [2.05, 4.69) is 5.32 Å². The van der Waals surface area contributed by atoms with E-state index in [1.54, 1.807) is 0 Å². The number of hydrogen-bond acceptors (Lipinski definition) is 4. The molecule has 0 saturated carbocycles. The van der Waals surface area contributed by atoms with E-state index >= 15 is 0 Å². The highest BCUT2D eigenvalue weighted by atomic mass is 16.4. The van der Waals surface area contributed by atoms with Gasteiger partial charge in [0.05, 0.1) is 0 Å². The lowest BCUT2D eigenvalue weighted by Gasteiger charge is -2.25. The molecular formula is C11H21N3O4. The van der Waals surface area contributed by atoms with Crippen molar-refractivity contribution >= 4 is 17.8 Å². The largest absolute Gasteiger partial charge is 0.480 e. The van der Waals surface area contributed by atoms with Crippen LogP contribution in [-0.4, -0.2) is 72.5 Å². The second kappa shape index (κ2) is 7.65. The number of rotatable bonds is 7. The van der Waals surface area contributed by atoms with Crippen molar-refractivity contribution in [2.45, 2.75) is 19.9 Å². The number of hydrogen-bond donors (Lipinski definition) is 2. The molecule has 0 fully saturated rings. The van der Waals surface area contributed by atoms with Gasteiger partial charge in [0, 0.05) is 20.0 Å². The van der Waals surface area contributed by atoms with Gasteiger partial charge in [-0.3, -0.25) is 14.4 Å². The fourth-order valence-corrected chi connectivity index (χ4v) is 1.39. The Bertz CT molecular complexity index is 317. The average Bonchev–Trinajstić information content (AvgIpc) is 2.21. The first kappa shape index (κ1) is 16.4. The van der Waals surface area contributed by atoms with Crippen molar-refractivity contribution in [3.8, 4) is 0 Å². The predicted octanol–water partition coefficient (Wildman–Crippen LogP) is -1.01. The first-order chi connectivity index (χ1) is 8.23. The summed E-state index contributed by atoms with van der Waals surface area (Å²) < 4.78 is 0. The maximum Gasteiger partial charge on any atom is 0.323 e. The summed E-state index contributed by atoms with van der Waals surface area (Å²) in [5.74, 6) is -1.79. The molecule has 0 aromatic rings. The van der Waals surface area contributed by atoms with Gasteiger partial charge in [0.1, 0.15) is 12.6 Å². The van der Waals surface area contributed by atoms with Gasteiger partial charge >= 0.3 is 5.97 Å². The highest BCUT2D eigenvalue weighted by molar-refractivity contribution is 5.88. The van der Waals surface area contributed by atoms with Gasteiger partial charge in [-0.2, -0.15) is 0 Å². The van der Waals surface area contributed by atoms with Crippen molar-refractivity contribution in [2.24, 2.45) is 0 Å². The molecule has 18 heavy (non-hydrogen) atoms. The van der Waals surface area contributed by atoms with E-state index in [-0.39, 0.29) is 12.5 Å². The zero-order valence-corrected chi connectivity index (χ0v) is 11.3. The van der Waals surface area contributed by atoms with Crippen molar-refractivity contribution in [1.82, 2.24) is 15.1 Å². The summed E-state index contributed by atoms with van der Waals surface area (Å²) >= 11 is 0. The van der Waals surface area contributed by atoms with E-state index in [0.717, 1.165) is 0 Å². The molecule has 2 N–H and O–H groups in total. The molecule has 0 radical (unpaired) electrons. The number of likely N-dealkylation sites (N-methyl/N-ethyl adjacent to an activating group) is 1. The number of aliphatic carboxylic acids is 1. The van der Waals surface area contributed by atoms with Crippen molar-refractivity contribution in [3.05, 3.63) is 0 Å². The second-order valence-corrected chi connectivity index (χ2v) is 4.38. The average molecular weight is 259 g/mol. The zero-order valence-electron chi connectivity index (χ0n) is 11.3. The fraction of sp³-hybridized carbons (Fsp3) is 0.727. The molecule has 0 aromatic carbocycles. The van der Waals surface area contributed by atoms with Crippen LogP contribution in [0.25, 0.3) is 0 Å². The third kappa shape index (κ3) is 6.85. The molecule has 7 heteroatoms. The van der Waals surface area contributed by atoms with Crippen LogP contribution in [0.5, 0.6) is 0 Å². The molecule has 0 spiro atoms. The van der Waals surface area contributed by atoms with Crippen molar-refractivity contribution in [2.75, 3.05) is 33.7 Å². The third-order valence-corrected chi connectivity index (χ3v) is 2.25. The summed E-state index contributed by atoms with van der Waals surface area (Å²) in [5.41, 5.74) is 0. The van der Waals surface area contributed by atoms with Gasteiger partial charge in [0.2, 0.25) is 11.8 Å². The Kier molecular flexibility index (Phi) is 6.96. The van der Waals surface area contributed by atoms with Crippen LogP contribution in [0.1, 0.15) is 13.8 Å². The topological polar surface area (TPSA) is 90.0 Å².